The summed E-state index contributed by atoms with van der Waals surface area (Å²) in [5.74, 6) is 1.07. The van der Waals surface area contributed by atoms with E-state index in [2.05, 4.69) is 125 Å². The Balaban J connectivity index is 1.01. The Morgan fingerprint density at radius 3 is 0.810 bits per heavy atom. The topological polar surface area (TPSA) is 90.2 Å². The number of hydrogen-bond donors (Lipinski definition) is 0. The summed E-state index contributed by atoms with van der Waals surface area (Å²) < 4.78 is 12.6. The maximum atomic E-state index is 15.1. The zero-order valence-corrected chi connectivity index (χ0v) is 47.0. The first kappa shape index (κ1) is 45.2. The number of carbonyl (C=O) groups is 4. The second-order valence-corrected chi connectivity index (χ2v) is 30.3. The molecule has 7 nitrogen and oxygen atoms in total. The summed E-state index contributed by atoms with van der Waals surface area (Å²) in [4.78, 5) is 60.1. The summed E-state index contributed by atoms with van der Waals surface area (Å²) in [6.45, 7) is 18.4. The number of benzene rings is 6. The molecule has 0 radical (unpaired) electrons. The fourth-order valence-corrected chi connectivity index (χ4v) is 19.5. The number of carbonyl (C=O) groups excluding carboxylic acids is 4. The summed E-state index contributed by atoms with van der Waals surface area (Å²) in [5, 5.41) is 11.0. The Hall–Kier alpha value is -6.60. The van der Waals surface area contributed by atoms with Gasteiger partial charge in [0, 0.05) is 87.0 Å². The molecule has 4 fully saturated rings. The Labute approximate surface area is 458 Å². The average Bonchev–Trinajstić information content (AvgIpc) is 2.23. The van der Waals surface area contributed by atoms with E-state index in [1.807, 2.05) is 0 Å². The van der Waals surface area contributed by atoms with Crippen LogP contribution in [0.25, 0.3) is 98.1 Å². The maximum absolute atomic E-state index is 15.1. The van der Waals surface area contributed by atoms with E-state index in [0.717, 1.165) is 234 Å². The Kier molecular flexibility index (Phi) is 7.49. The minimum atomic E-state index is -0.395. The summed E-state index contributed by atoms with van der Waals surface area (Å²) in [6, 6.07) is 23.4. The fraction of sp³-hybridized carbons (Fsp3) is 0.444. The fourth-order valence-electron chi connectivity index (χ4n) is 19.5. The van der Waals surface area contributed by atoms with Gasteiger partial charge >= 0.3 is 0 Å². The van der Waals surface area contributed by atoms with E-state index < -0.39 is 10.8 Å². The van der Waals surface area contributed by atoms with Crippen LogP contribution in [0, 0.1) is 21.7 Å². The molecule has 0 saturated heterocycles. The summed E-state index contributed by atoms with van der Waals surface area (Å²) in [5.41, 5.74) is 14.0. The van der Waals surface area contributed by atoms with Crippen molar-refractivity contribution in [2.45, 2.75) is 180 Å². The molecule has 0 atom stereocenters. The number of furan rings is 1. The second-order valence-electron chi connectivity index (χ2n) is 30.3. The Bertz CT molecular complexity index is 4570. The van der Waals surface area contributed by atoms with E-state index in [1.165, 1.54) is 11.1 Å². The monoisotopic (exact) mass is 1040 g/mol. The zero-order valence-electron chi connectivity index (χ0n) is 47.0. The van der Waals surface area contributed by atoms with Gasteiger partial charge < -0.3 is 13.2 Å². The second kappa shape index (κ2) is 13.1. The predicted molar refractivity (Wildman–Crippen MR) is 316 cm³/mol. The number of aromatic nitrogens is 2. The highest BCUT2D eigenvalue weighted by Gasteiger charge is 2.53. The van der Waals surface area contributed by atoms with Gasteiger partial charge in [0.15, 0.2) is 23.1 Å². The van der Waals surface area contributed by atoms with Crippen LogP contribution < -0.4 is 0 Å². The first-order valence-corrected chi connectivity index (χ1v) is 30.2. The van der Waals surface area contributed by atoms with Crippen molar-refractivity contribution in [2.75, 3.05) is 0 Å². The third kappa shape index (κ3) is 4.88. The third-order valence-electron chi connectivity index (χ3n) is 25.7. The molecule has 8 bridgehead atoms. The molecule has 23 rings (SSSR count). The highest BCUT2D eigenvalue weighted by Crippen LogP contribution is 2.61. The number of nitrogens with zero attached hydrogens (tertiary/aromatic N) is 2. The van der Waals surface area contributed by atoms with Crippen LogP contribution in [-0.4, -0.2) is 31.9 Å². The van der Waals surface area contributed by atoms with Gasteiger partial charge in [0.25, 0.3) is 0 Å². The molecule has 12 aliphatic rings. The number of hydrogen-bond acceptors (Lipinski definition) is 5. The van der Waals surface area contributed by atoms with E-state index in [1.54, 1.807) is 0 Å². The van der Waals surface area contributed by atoms with Crippen molar-refractivity contribution in [3.8, 4) is 0 Å². The van der Waals surface area contributed by atoms with Crippen LogP contribution in [0.4, 0.5) is 0 Å². The highest BCUT2D eigenvalue weighted by molar-refractivity contribution is 6.38. The van der Waals surface area contributed by atoms with Gasteiger partial charge in [0.1, 0.15) is 11.2 Å². The first-order valence-electron chi connectivity index (χ1n) is 30.2. The van der Waals surface area contributed by atoms with Crippen LogP contribution in [0.1, 0.15) is 222 Å². The molecule has 79 heavy (non-hydrogen) atoms. The SMILES string of the molecule is CC12CCC(C)(CC1)c1cc3c4cc5c6cc7c8cc9c(cc8n8c%10cc%11c(cc%10c(c6oc5c5c6cc%10c(cc6n(c3cc1C2=O)c45)C(=O)C1(C)CCC%10(C)CC1)c78)C1(C)CCC(C)(CC1)C%11=O)C(=O)C1(C)CCC9(C)CC1. The average molecular weight is 1040 g/mol. The van der Waals surface area contributed by atoms with Crippen molar-refractivity contribution < 1.29 is 23.6 Å². The number of rotatable bonds is 0. The summed E-state index contributed by atoms with van der Waals surface area (Å²) in [7, 11) is 0. The molecule has 0 N–H and O–H groups in total. The molecule has 394 valence electrons. The molecule has 4 saturated carbocycles. The molecule has 5 aromatic heterocycles. The summed E-state index contributed by atoms with van der Waals surface area (Å²) >= 11 is 0. The van der Waals surface area contributed by atoms with Crippen molar-refractivity contribution in [3.05, 3.63) is 105 Å². The van der Waals surface area contributed by atoms with E-state index in [4.69, 9.17) is 4.42 Å². The standard InChI is InChI=1S/C72H66N2O5/c1-65-9-17-69(5,18-10-65)61(75)41-31-51-35(27-47(41)65)37-25-39-40-26-38-36-28-48-42(62(76)70(6)19-11-66(48,2)12-20-70)32-52(36)74-54-34-44-50(68(4)15-23-72(8,24-16-68)64(44)78)30-46(54)56(58(38)74)60(40)79-59(39)55-45-29-49-43(33-53(45)73(51)57(37)55)63(77)71(7)21-13-67(49,3)14-22-71/h25-34H,9-24H2,1-8H3. The quantitative estimate of drug-likeness (QED) is 0.151. The molecule has 7 heteroatoms. The smallest absolute Gasteiger partial charge is 0.169 e. The zero-order chi connectivity index (χ0) is 53.6. The van der Waals surface area contributed by atoms with Crippen molar-refractivity contribution in [3.63, 3.8) is 0 Å². The molecule has 5 heterocycles. The van der Waals surface area contributed by atoms with Crippen LogP contribution >= 0.6 is 0 Å². The van der Waals surface area contributed by atoms with Gasteiger partial charge in [-0.05, 0) is 207 Å². The number of fused-ring (bicyclic) bond motifs is 25. The van der Waals surface area contributed by atoms with Gasteiger partial charge in [-0.1, -0.05) is 55.4 Å². The predicted octanol–water partition coefficient (Wildman–Crippen LogP) is 18.0. The van der Waals surface area contributed by atoms with E-state index >= 15 is 9.59 Å². The first-order chi connectivity index (χ1) is 37.6. The van der Waals surface area contributed by atoms with Crippen LogP contribution in [0.5, 0.6) is 0 Å². The van der Waals surface area contributed by atoms with Gasteiger partial charge in [-0.15, -0.1) is 0 Å². The largest absolute Gasteiger partial charge is 0.455 e. The van der Waals surface area contributed by atoms with Crippen molar-refractivity contribution in [1.29, 1.82) is 0 Å². The molecule has 0 aliphatic heterocycles. The third-order valence-corrected chi connectivity index (χ3v) is 25.7. The van der Waals surface area contributed by atoms with Crippen LogP contribution in [0.15, 0.2) is 65.1 Å². The van der Waals surface area contributed by atoms with E-state index in [-0.39, 0.29) is 55.6 Å². The molecular formula is C72H66N2O5. The normalized spacial score (nSPS) is 34.0. The lowest BCUT2D eigenvalue weighted by atomic mass is 9.65. The van der Waals surface area contributed by atoms with Gasteiger partial charge in [0.05, 0.1) is 43.9 Å². The lowest BCUT2D eigenvalue weighted by Crippen LogP contribution is -2.33. The van der Waals surface area contributed by atoms with Crippen LogP contribution in [0.2, 0.25) is 0 Å². The number of Topliss-reactive ketones (excluding diaryl/α,β-unsaturated/α-hetero) is 4. The molecule has 11 aromatic rings. The molecular weight excluding hydrogens is 973 g/mol. The van der Waals surface area contributed by atoms with Crippen LogP contribution in [-0.2, 0) is 21.7 Å². The summed E-state index contributed by atoms with van der Waals surface area (Å²) in [6.07, 6.45) is 15.0. The van der Waals surface area contributed by atoms with Crippen molar-refractivity contribution in [1.82, 2.24) is 8.80 Å². The van der Waals surface area contributed by atoms with Gasteiger partial charge in [-0.3, -0.25) is 19.2 Å². The van der Waals surface area contributed by atoms with Crippen LogP contribution in [0.3, 0.4) is 0 Å². The lowest BCUT2D eigenvalue weighted by molar-refractivity contribution is 0.0726. The molecule has 12 aliphatic carbocycles. The van der Waals surface area contributed by atoms with Crippen molar-refractivity contribution in [2.24, 2.45) is 21.7 Å². The maximum Gasteiger partial charge on any atom is 0.169 e. The van der Waals surface area contributed by atoms with Gasteiger partial charge in [-0.2, -0.15) is 0 Å². The number of ketones is 4. The van der Waals surface area contributed by atoms with Crippen molar-refractivity contribution >= 4 is 121 Å². The lowest BCUT2D eigenvalue weighted by Gasteiger charge is -2.38. The van der Waals surface area contributed by atoms with Gasteiger partial charge in [0.2, 0.25) is 0 Å². The van der Waals surface area contributed by atoms with Gasteiger partial charge in [-0.25, -0.2) is 0 Å². The molecule has 6 aromatic carbocycles. The minimum absolute atomic E-state index is 0.111. The molecule has 0 unspecified atom stereocenters. The minimum Gasteiger partial charge on any atom is -0.455 e. The molecule has 0 amide bonds. The highest BCUT2D eigenvalue weighted by atomic mass is 16.3. The van der Waals surface area contributed by atoms with E-state index in [0.29, 0.717) is 0 Å². The molecule has 0 spiro atoms. The van der Waals surface area contributed by atoms with E-state index in [9.17, 15) is 9.59 Å². The Morgan fingerprint density at radius 1 is 0.291 bits per heavy atom. The Morgan fingerprint density at radius 2 is 0.532 bits per heavy atom.